The Morgan fingerprint density at radius 2 is 1.88 bits per heavy atom. The van der Waals surface area contributed by atoms with Gasteiger partial charge in [0.15, 0.2) is 0 Å². The van der Waals surface area contributed by atoms with Gasteiger partial charge in [-0.05, 0) is 26.2 Å². The zero-order valence-electron chi connectivity index (χ0n) is 10.1. The van der Waals surface area contributed by atoms with E-state index in [1.54, 1.807) is 13.8 Å². The van der Waals surface area contributed by atoms with Gasteiger partial charge in [0.2, 0.25) is 5.91 Å². The van der Waals surface area contributed by atoms with Crippen LogP contribution in [0.5, 0.6) is 0 Å². The van der Waals surface area contributed by atoms with Gasteiger partial charge in [-0.2, -0.15) is 0 Å². The molecule has 0 aromatic carbocycles. The van der Waals surface area contributed by atoms with E-state index in [0.717, 1.165) is 25.7 Å². The van der Waals surface area contributed by atoms with Crippen LogP contribution in [0.2, 0.25) is 0 Å². The Balaban J connectivity index is 2.57. The molecule has 0 saturated heterocycles. The van der Waals surface area contributed by atoms with Gasteiger partial charge < -0.3 is 10.4 Å². The SMILES string of the molecule is CCC(C)(NC(=O)C1CCCCC1)C(=O)O. The predicted molar refractivity (Wildman–Crippen MR) is 61.0 cm³/mol. The molecule has 1 atom stereocenters. The number of carbonyl (C=O) groups excluding carboxylic acids is 1. The third-order valence-corrected chi connectivity index (χ3v) is 3.55. The summed E-state index contributed by atoms with van der Waals surface area (Å²) in [6, 6.07) is 0. The van der Waals surface area contributed by atoms with E-state index in [1.165, 1.54) is 6.42 Å². The van der Waals surface area contributed by atoms with Crippen molar-refractivity contribution in [3.8, 4) is 0 Å². The van der Waals surface area contributed by atoms with Crippen molar-refractivity contribution >= 4 is 11.9 Å². The number of nitrogens with one attached hydrogen (secondary N) is 1. The van der Waals surface area contributed by atoms with Crippen molar-refractivity contribution in [1.29, 1.82) is 0 Å². The summed E-state index contributed by atoms with van der Waals surface area (Å²) in [4.78, 5) is 23.0. The fourth-order valence-corrected chi connectivity index (χ4v) is 2.03. The molecule has 1 fully saturated rings. The fourth-order valence-electron chi connectivity index (χ4n) is 2.03. The van der Waals surface area contributed by atoms with Crippen LogP contribution in [-0.4, -0.2) is 22.5 Å². The molecule has 0 heterocycles. The molecule has 0 radical (unpaired) electrons. The quantitative estimate of drug-likeness (QED) is 0.771. The lowest BCUT2D eigenvalue weighted by molar-refractivity contribution is -0.147. The van der Waals surface area contributed by atoms with E-state index >= 15 is 0 Å². The first-order chi connectivity index (χ1) is 7.49. The van der Waals surface area contributed by atoms with E-state index in [-0.39, 0.29) is 11.8 Å². The minimum absolute atomic E-state index is 0.0129. The topological polar surface area (TPSA) is 66.4 Å². The second kappa shape index (κ2) is 5.32. The summed E-state index contributed by atoms with van der Waals surface area (Å²) in [5, 5.41) is 11.7. The van der Waals surface area contributed by atoms with Crippen LogP contribution in [0.15, 0.2) is 0 Å². The van der Waals surface area contributed by atoms with Gasteiger partial charge in [-0.15, -0.1) is 0 Å². The van der Waals surface area contributed by atoms with Gasteiger partial charge in [-0.3, -0.25) is 4.79 Å². The van der Waals surface area contributed by atoms with Gasteiger partial charge in [0.1, 0.15) is 5.54 Å². The van der Waals surface area contributed by atoms with E-state index in [4.69, 9.17) is 5.11 Å². The normalized spacial score (nSPS) is 21.1. The average Bonchev–Trinajstić information content (AvgIpc) is 2.29. The third-order valence-electron chi connectivity index (χ3n) is 3.55. The Morgan fingerprint density at radius 3 is 2.31 bits per heavy atom. The van der Waals surface area contributed by atoms with Gasteiger partial charge in [-0.25, -0.2) is 4.79 Å². The van der Waals surface area contributed by atoms with Gasteiger partial charge in [-0.1, -0.05) is 26.2 Å². The number of hydrogen-bond donors (Lipinski definition) is 2. The molecule has 1 rings (SSSR count). The molecule has 0 aromatic heterocycles. The van der Waals surface area contributed by atoms with E-state index in [1.807, 2.05) is 0 Å². The monoisotopic (exact) mass is 227 g/mol. The van der Waals surface area contributed by atoms with Crippen molar-refractivity contribution in [1.82, 2.24) is 5.32 Å². The van der Waals surface area contributed by atoms with Crippen molar-refractivity contribution in [3.05, 3.63) is 0 Å². The number of amides is 1. The maximum Gasteiger partial charge on any atom is 0.329 e. The number of hydrogen-bond acceptors (Lipinski definition) is 2. The second-order valence-electron chi connectivity index (χ2n) is 4.81. The lowest BCUT2D eigenvalue weighted by Crippen LogP contribution is -2.53. The molecule has 4 nitrogen and oxygen atoms in total. The Hall–Kier alpha value is -1.06. The molecule has 0 bridgehead atoms. The molecule has 0 spiro atoms. The van der Waals surface area contributed by atoms with Crippen LogP contribution in [-0.2, 0) is 9.59 Å². The summed E-state index contributed by atoms with van der Waals surface area (Å²) >= 11 is 0. The highest BCUT2D eigenvalue weighted by Gasteiger charge is 2.35. The molecule has 4 heteroatoms. The van der Waals surface area contributed by atoms with Crippen LogP contribution in [0.25, 0.3) is 0 Å². The van der Waals surface area contributed by atoms with Crippen molar-refractivity contribution in [2.24, 2.45) is 5.92 Å². The van der Waals surface area contributed by atoms with Crippen molar-refractivity contribution in [3.63, 3.8) is 0 Å². The highest BCUT2D eigenvalue weighted by Crippen LogP contribution is 2.24. The molecule has 92 valence electrons. The van der Waals surface area contributed by atoms with Gasteiger partial charge in [0.25, 0.3) is 0 Å². The Kier molecular flexibility index (Phi) is 4.33. The van der Waals surface area contributed by atoms with Gasteiger partial charge in [0.05, 0.1) is 0 Å². The van der Waals surface area contributed by atoms with Crippen LogP contribution < -0.4 is 5.32 Å². The number of carbonyl (C=O) groups is 2. The zero-order chi connectivity index (χ0) is 12.2. The van der Waals surface area contributed by atoms with Crippen molar-refractivity contribution < 1.29 is 14.7 Å². The third kappa shape index (κ3) is 2.97. The number of rotatable bonds is 4. The molecular formula is C12H21NO3. The highest BCUT2D eigenvalue weighted by molar-refractivity contribution is 5.87. The van der Waals surface area contributed by atoms with E-state index in [2.05, 4.69) is 5.32 Å². The second-order valence-corrected chi connectivity index (χ2v) is 4.81. The summed E-state index contributed by atoms with van der Waals surface area (Å²) in [7, 11) is 0. The van der Waals surface area contributed by atoms with Crippen LogP contribution in [0, 0.1) is 5.92 Å². The van der Waals surface area contributed by atoms with E-state index in [0.29, 0.717) is 6.42 Å². The van der Waals surface area contributed by atoms with Crippen LogP contribution >= 0.6 is 0 Å². The smallest absolute Gasteiger partial charge is 0.329 e. The van der Waals surface area contributed by atoms with E-state index in [9.17, 15) is 9.59 Å². The number of carboxylic acid groups (broad SMARTS) is 1. The van der Waals surface area contributed by atoms with Crippen LogP contribution in [0.3, 0.4) is 0 Å². The molecule has 1 unspecified atom stereocenters. The summed E-state index contributed by atoms with van der Waals surface area (Å²) in [5.41, 5.74) is -1.12. The molecule has 0 aliphatic heterocycles. The Morgan fingerprint density at radius 1 is 1.31 bits per heavy atom. The average molecular weight is 227 g/mol. The summed E-state index contributed by atoms with van der Waals surface area (Å²) < 4.78 is 0. The number of carboxylic acids is 1. The Labute approximate surface area is 96.4 Å². The molecule has 1 aliphatic rings. The van der Waals surface area contributed by atoms with Crippen molar-refractivity contribution in [2.75, 3.05) is 0 Å². The minimum atomic E-state index is -1.12. The minimum Gasteiger partial charge on any atom is -0.480 e. The number of aliphatic carboxylic acids is 1. The lowest BCUT2D eigenvalue weighted by atomic mass is 9.87. The van der Waals surface area contributed by atoms with Crippen LogP contribution in [0.1, 0.15) is 52.4 Å². The first-order valence-corrected chi connectivity index (χ1v) is 6.05. The Bertz CT molecular complexity index is 271. The maximum atomic E-state index is 11.9. The molecular weight excluding hydrogens is 206 g/mol. The zero-order valence-corrected chi connectivity index (χ0v) is 10.1. The largest absolute Gasteiger partial charge is 0.480 e. The van der Waals surface area contributed by atoms with Crippen molar-refractivity contribution in [2.45, 2.75) is 57.9 Å². The fraction of sp³-hybridized carbons (Fsp3) is 0.833. The predicted octanol–water partition coefficient (Wildman–Crippen LogP) is 1.94. The van der Waals surface area contributed by atoms with Gasteiger partial charge >= 0.3 is 5.97 Å². The molecule has 2 N–H and O–H groups in total. The molecule has 1 aliphatic carbocycles. The van der Waals surface area contributed by atoms with Gasteiger partial charge in [0, 0.05) is 5.92 Å². The summed E-state index contributed by atoms with van der Waals surface area (Å²) in [5.74, 6) is -1.04. The molecule has 1 amide bonds. The molecule has 0 aromatic rings. The standard InChI is InChI=1S/C12H21NO3/c1-3-12(2,11(15)16)13-10(14)9-7-5-4-6-8-9/h9H,3-8H2,1-2H3,(H,13,14)(H,15,16). The first-order valence-electron chi connectivity index (χ1n) is 6.05. The molecule has 1 saturated carbocycles. The first kappa shape index (κ1) is 13.0. The van der Waals surface area contributed by atoms with Crippen LogP contribution in [0.4, 0.5) is 0 Å². The summed E-state index contributed by atoms with van der Waals surface area (Å²) in [6.45, 7) is 3.34. The highest BCUT2D eigenvalue weighted by atomic mass is 16.4. The summed E-state index contributed by atoms with van der Waals surface area (Å²) in [6.07, 6.45) is 5.53. The molecule has 16 heavy (non-hydrogen) atoms. The maximum absolute atomic E-state index is 11.9. The van der Waals surface area contributed by atoms with E-state index < -0.39 is 11.5 Å². The lowest BCUT2D eigenvalue weighted by Gasteiger charge is -2.28.